The summed E-state index contributed by atoms with van der Waals surface area (Å²) in [4.78, 5) is 12.0. The average molecular weight is 340 g/mol. The summed E-state index contributed by atoms with van der Waals surface area (Å²) in [6.07, 6.45) is 4.12. The Morgan fingerprint density at radius 1 is 1.00 bits per heavy atom. The third kappa shape index (κ3) is 7.40. The van der Waals surface area contributed by atoms with Crippen LogP contribution in [0.1, 0.15) is 31.7 Å². The van der Waals surface area contributed by atoms with Gasteiger partial charge in [0.15, 0.2) is 0 Å². The molecule has 2 aromatic carbocycles. The van der Waals surface area contributed by atoms with E-state index in [9.17, 15) is 4.79 Å². The predicted molar refractivity (Wildman–Crippen MR) is 103 cm³/mol. The molecule has 2 rings (SSSR count). The fraction of sp³-hybridized carbons (Fsp3) is 0.381. The minimum absolute atomic E-state index is 0.0450. The molecule has 4 heteroatoms. The van der Waals surface area contributed by atoms with Crippen LogP contribution in [0.5, 0.6) is 5.75 Å². The Bertz CT molecular complexity index is 629. The van der Waals surface area contributed by atoms with Crippen molar-refractivity contribution in [3.63, 3.8) is 0 Å². The highest BCUT2D eigenvalue weighted by Crippen LogP contribution is 2.23. The highest BCUT2D eigenvalue weighted by Gasteiger charge is 2.07. The fourth-order valence-electron chi connectivity index (χ4n) is 2.50. The van der Waals surface area contributed by atoms with Crippen molar-refractivity contribution >= 4 is 11.6 Å². The first-order valence-electron chi connectivity index (χ1n) is 9.06. The minimum Gasteiger partial charge on any atom is -0.491 e. The van der Waals surface area contributed by atoms with Gasteiger partial charge in [-0.3, -0.25) is 4.79 Å². The maximum atomic E-state index is 12.0. The Labute approximate surface area is 150 Å². The van der Waals surface area contributed by atoms with Crippen LogP contribution in [0, 0.1) is 0 Å². The van der Waals surface area contributed by atoms with Gasteiger partial charge < -0.3 is 15.4 Å². The van der Waals surface area contributed by atoms with Crippen LogP contribution in [0.25, 0.3) is 0 Å². The average Bonchev–Trinajstić information content (AvgIpc) is 2.64. The van der Waals surface area contributed by atoms with E-state index in [1.54, 1.807) is 0 Å². The van der Waals surface area contributed by atoms with E-state index in [-0.39, 0.29) is 5.91 Å². The number of carbonyl (C=O) groups excluding carboxylic acids is 1. The number of carbonyl (C=O) groups is 1. The molecule has 0 aliphatic rings. The van der Waals surface area contributed by atoms with Crippen LogP contribution in [0.2, 0.25) is 0 Å². The molecule has 25 heavy (non-hydrogen) atoms. The van der Waals surface area contributed by atoms with E-state index in [0.29, 0.717) is 13.2 Å². The van der Waals surface area contributed by atoms with Crippen molar-refractivity contribution in [2.75, 3.05) is 25.0 Å². The highest BCUT2D eigenvalue weighted by atomic mass is 16.5. The van der Waals surface area contributed by atoms with Crippen LogP contribution in [0.3, 0.4) is 0 Å². The van der Waals surface area contributed by atoms with E-state index in [4.69, 9.17) is 4.74 Å². The normalized spacial score (nSPS) is 10.4. The molecule has 0 aliphatic heterocycles. The number of ether oxygens (including phenoxy) is 1. The summed E-state index contributed by atoms with van der Waals surface area (Å²) < 4.78 is 5.87. The fourth-order valence-corrected chi connectivity index (χ4v) is 2.50. The SMILES string of the molecule is CCCCNCC(=O)Nc1ccccc1OCCCc1ccccc1. The lowest BCUT2D eigenvalue weighted by molar-refractivity contribution is -0.115. The molecule has 0 atom stereocenters. The van der Waals surface area contributed by atoms with Gasteiger partial charge in [-0.25, -0.2) is 0 Å². The number of para-hydroxylation sites is 2. The zero-order chi connectivity index (χ0) is 17.7. The lowest BCUT2D eigenvalue weighted by atomic mass is 10.1. The molecule has 2 aromatic rings. The lowest BCUT2D eigenvalue weighted by Crippen LogP contribution is -2.28. The molecule has 0 spiro atoms. The number of anilines is 1. The van der Waals surface area contributed by atoms with Gasteiger partial charge in [-0.15, -0.1) is 0 Å². The van der Waals surface area contributed by atoms with Gasteiger partial charge in [-0.2, -0.15) is 0 Å². The standard InChI is InChI=1S/C21H28N2O2/c1-2-3-15-22-17-21(24)23-19-13-7-8-14-20(19)25-16-9-12-18-10-5-4-6-11-18/h4-8,10-11,13-14,22H,2-3,9,12,15-17H2,1H3,(H,23,24). The second-order valence-corrected chi connectivity index (χ2v) is 6.01. The number of nitrogens with one attached hydrogen (secondary N) is 2. The maximum Gasteiger partial charge on any atom is 0.238 e. The summed E-state index contributed by atoms with van der Waals surface area (Å²) in [6, 6.07) is 18.0. The van der Waals surface area contributed by atoms with Crippen LogP contribution >= 0.6 is 0 Å². The Morgan fingerprint density at radius 3 is 2.56 bits per heavy atom. The van der Waals surface area contributed by atoms with Gasteiger partial charge in [-0.1, -0.05) is 55.8 Å². The number of hydrogen-bond acceptors (Lipinski definition) is 3. The van der Waals surface area contributed by atoms with Crippen molar-refractivity contribution in [2.45, 2.75) is 32.6 Å². The van der Waals surface area contributed by atoms with Gasteiger partial charge in [0.05, 0.1) is 18.8 Å². The first-order valence-corrected chi connectivity index (χ1v) is 9.06. The Morgan fingerprint density at radius 2 is 1.76 bits per heavy atom. The summed E-state index contributed by atoms with van der Waals surface area (Å²) in [7, 11) is 0. The second-order valence-electron chi connectivity index (χ2n) is 6.01. The van der Waals surface area contributed by atoms with Gasteiger partial charge in [-0.05, 0) is 43.5 Å². The quantitative estimate of drug-likeness (QED) is 0.607. The lowest BCUT2D eigenvalue weighted by Gasteiger charge is -2.13. The predicted octanol–water partition coefficient (Wildman–Crippen LogP) is 4.03. The topological polar surface area (TPSA) is 50.4 Å². The number of amides is 1. The van der Waals surface area contributed by atoms with Crippen molar-refractivity contribution in [3.8, 4) is 5.75 Å². The van der Waals surface area contributed by atoms with Crippen LogP contribution in [-0.4, -0.2) is 25.6 Å². The smallest absolute Gasteiger partial charge is 0.238 e. The van der Waals surface area contributed by atoms with Crippen molar-refractivity contribution in [2.24, 2.45) is 0 Å². The van der Waals surface area contributed by atoms with E-state index >= 15 is 0 Å². The molecule has 1 amide bonds. The number of unbranched alkanes of at least 4 members (excludes halogenated alkanes) is 1. The number of hydrogen-bond donors (Lipinski definition) is 2. The monoisotopic (exact) mass is 340 g/mol. The highest BCUT2D eigenvalue weighted by molar-refractivity contribution is 5.93. The van der Waals surface area contributed by atoms with Gasteiger partial charge in [0.1, 0.15) is 5.75 Å². The summed E-state index contributed by atoms with van der Waals surface area (Å²) in [5.41, 5.74) is 2.04. The van der Waals surface area contributed by atoms with E-state index < -0.39 is 0 Å². The zero-order valence-corrected chi connectivity index (χ0v) is 15.0. The van der Waals surface area contributed by atoms with Crippen LogP contribution in [0.4, 0.5) is 5.69 Å². The van der Waals surface area contributed by atoms with Gasteiger partial charge in [0.25, 0.3) is 0 Å². The molecule has 0 unspecified atom stereocenters. The first kappa shape index (κ1) is 19.0. The Kier molecular flexibility index (Phi) is 8.56. The number of benzene rings is 2. The third-order valence-electron chi connectivity index (χ3n) is 3.86. The molecular formula is C21H28N2O2. The molecule has 0 aromatic heterocycles. The van der Waals surface area contributed by atoms with Gasteiger partial charge in [0, 0.05) is 0 Å². The van der Waals surface area contributed by atoms with E-state index in [1.165, 1.54) is 5.56 Å². The van der Waals surface area contributed by atoms with Crippen molar-refractivity contribution in [1.82, 2.24) is 5.32 Å². The van der Waals surface area contributed by atoms with Crippen LogP contribution in [0.15, 0.2) is 54.6 Å². The van der Waals surface area contributed by atoms with Gasteiger partial charge >= 0.3 is 0 Å². The molecule has 0 bridgehead atoms. The van der Waals surface area contributed by atoms with Crippen LogP contribution in [-0.2, 0) is 11.2 Å². The van der Waals surface area contributed by atoms with Gasteiger partial charge in [0.2, 0.25) is 5.91 Å². The minimum atomic E-state index is -0.0450. The molecule has 0 aliphatic carbocycles. The summed E-state index contributed by atoms with van der Waals surface area (Å²) in [5.74, 6) is 0.675. The maximum absolute atomic E-state index is 12.0. The summed E-state index contributed by atoms with van der Waals surface area (Å²) >= 11 is 0. The molecule has 0 heterocycles. The molecule has 4 nitrogen and oxygen atoms in total. The summed E-state index contributed by atoms with van der Waals surface area (Å²) in [5, 5.41) is 6.06. The molecule has 0 saturated heterocycles. The zero-order valence-electron chi connectivity index (χ0n) is 15.0. The van der Waals surface area contributed by atoms with Crippen LogP contribution < -0.4 is 15.4 Å². The van der Waals surface area contributed by atoms with E-state index in [2.05, 4.69) is 41.8 Å². The van der Waals surface area contributed by atoms with E-state index in [1.807, 2.05) is 30.3 Å². The molecule has 0 fully saturated rings. The number of aryl methyl sites for hydroxylation is 1. The van der Waals surface area contributed by atoms with E-state index in [0.717, 1.165) is 43.7 Å². The third-order valence-corrected chi connectivity index (χ3v) is 3.86. The molecular weight excluding hydrogens is 312 g/mol. The summed E-state index contributed by atoms with van der Waals surface area (Å²) in [6.45, 7) is 3.94. The molecule has 0 saturated carbocycles. The van der Waals surface area contributed by atoms with Crippen molar-refractivity contribution in [3.05, 3.63) is 60.2 Å². The second kappa shape index (κ2) is 11.3. The largest absolute Gasteiger partial charge is 0.491 e. The number of rotatable bonds is 11. The van der Waals surface area contributed by atoms with Crippen molar-refractivity contribution < 1.29 is 9.53 Å². The Hall–Kier alpha value is -2.33. The molecule has 134 valence electrons. The molecule has 0 radical (unpaired) electrons. The Balaban J connectivity index is 1.76. The molecule has 2 N–H and O–H groups in total. The first-order chi connectivity index (χ1) is 12.3. The van der Waals surface area contributed by atoms with Crippen molar-refractivity contribution in [1.29, 1.82) is 0 Å².